The van der Waals surface area contributed by atoms with Gasteiger partial charge in [0.15, 0.2) is 23.0 Å². The first-order valence-electron chi connectivity index (χ1n) is 11.3. The number of carbonyl (C=O) groups is 2. The maximum absolute atomic E-state index is 12.8. The molecule has 1 heterocycles. The summed E-state index contributed by atoms with van der Waals surface area (Å²) >= 11 is 2.55. The molecule has 6 nitrogen and oxygen atoms in total. The number of rotatable bonds is 16. The highest BCUT2D eigenvalue weighted by Gasteiger charge is 2.23. The molecule has 0 atom stereocenters. The molecule has 30 heavy (non-hydrogen) atoms. The van der Waals surface area contributed by atoms with Crippen LogP contribution in [0.3, 0.4) is 0 Å². The molecule has 0 aliphatic rings. The number of thioether (sulfide) groups is 2. The van der Waals surface area contributed by atoms with Crippen molar-refractivity contribution in [2.24, 2.45) is 0 Å². The second kappa shape index (κ2) is 16.4. The molecule has 0 spiro atoms. The third-order valence-corrected chi connectivity index (χ3v) is 6.29. The quantitative estimate of drug-likeness (QED) is 0.284. The van der Waals surface area contributed by atoms with Gasteiger partial charge in [0.2, 0.25) is 10.2 Å². The molecule has 0 amide bonds. The summed E-state index contributed by atoms with van der Waals surface area (Å²) in [7, 11) is 0. The average molecular weight is 455 g/mol. The smallest absolute Gasteiger partial charge is 0.241 e. The molecule has 0 radical (unpaired) electrons. The number of carbonyl (C=O) groups excluding carboxylic acids is 2. The third kappa shape index (κ3) is 9.69. The van der Waals surface area contributed by atoms with Crippen LogP contribution in [0.25, 0.3) is 0 Å². The van der Waals surface area contributed by atoms with E-state index >= 15 is 0 Å². The lowest BCUT2D eigenvalue weighted by molar-refractivity contribution is 0.107. The molecule has 0 bridgehead atoms. The zero-order valence-corrected chi connectivity index (χ0v) is 20.6. The first kappa shape index (κ1) is 26.8. The predicted molar refractivity (Wildman–Crippen MR) is 132 cm³/mol. The number of hydrogen-bond acceptors (Lipinski definition) is 8. The van der Waals surface area contributed by atoms with Crippen LogP contribution in [-0.2, 0) is 0 Å². The van der Waals surface area contributed by atoms with Gasteiger partial charge in [-0.15, -0.1) is 0 Å². The molecule has 0 aromatic carbocycles. The Labute approximate surface area is 190 Å². The Hall–Kier alpha value is -1.28. The molecule has 0 unspecified atom stereocenters. The molecule has 0 saturated carbocycles. The SMILES string of the molecule is CCCCNc1nc(C(=O)SCCCC)c(NCCCC)nc1C(=O)SCCCC. The topological polar surface area (TPSA) is 84.0 Å². The number of anilines is 2. The molecule has 8 heteroatoms. The van der Waals surface area contributed by atoms with Crippen LogP contribution >= 0.6 is 23.5 Å². The zero-order valence-electron chi connectivity index (χ0n) is 19.0. The summed E-state index contributed by atoms with van der Waals surface area (Å²) in [5.41, 5.74) is 0.641. The van der Waals surface area contributed by atoms with Crippen molar-refractivity contribution in [2.45, 2.75) is 79.1 Å². The van der Waals surface area contributed by atoms with Crippen molar-refractivity contribution >= 4 is 45.4 Å². The van der Waals surface area contributed by atoms with Crippen molar-refractivity contribution in [1.29, 1.82) is 0 Å². The molecule has 0 aliphatic carbocycles. The number of nitrogens with zero attached hydrogens (tertiary/aromatic N) is 2. The molecule has 1 rings (SSSR count). The summed E-state index contributed by atoms with van der Waals surface area (Å²) < 4.78 is 0. The van der Waals surface area contributed by atoms with Crippen LogP contribution in [0.4, 0.5) is 11.6 Å². The van der Waals surface area contributed by atoms with Crippen LogP contribution in [0.5, 0.6) is 0 Å². The van der Waals surface area contributed by atoms with Crippen LogP contribution in [-0.4, -0.2) is 44.8 Å². The first-order chi connectivity index (χ1) is 14.6. The number of nitrogens with one attached hydrogen (secondary N) is 2. The number of unbranched alkanes of at least 4 members (excludes halogenated alkanes) is 4. The minimum Gasteiger partial charge on any atom is -0.368 e. The summed E-state index contributed by atoms with van der Waals surface area (Å²) in [5.74, 6) is 2.38. The fourth-order valence-corrected chi connectivity index (χ4v) is 4.28. The second-order valence-electron chi connectivity index (χ2n) is 7.16. The summed E-state index contributed by atoms with van der Waals surface area (Å²) in [5, 5.41) is 6.31. The highest BCUT2D eigenvalue weighted by atomic mass is 32.2. The Morgan fingerprint density at radius 2 is 1.03 bits per heavy atom. The monoisotopic (exact) mass is 454 g/mol. The Morgan fingerprint density at radius 1 is 0.667 bits per heavy atom. The van der Waals surface area contributed by atoms with Gasteiger partial charge in [-0.1, -0.05) is 76.9 Å². The summed E-state index contributed by atoms with van der Waals surface area (Å²) in [6.07, 6.45) is 8.03. The van der Waals surface area contributed by atoms with Gasteiger partial charge in [-0.3, -0.25) is 9.59 Å². The molecule has 2 N–H and O–H groups in total. The van der Waals surface area contributed by atoms with Gasteiger partial charge in [-0.25, -0.2) is 9.97 Å². The molecular weight excluding hydrogens is 416 g/mol. The van der Waals surface area contributed by atoms with E-state index in [2.05, 4.69) is 48.3 Å². The summed E-state index contributed by atoms with van der Waals surface area (Å²) in [4.78, 5) is 34.9. The van der Waals surface area contributed by atoms with E-state index in [1.54, 1.807) is 0 Å². The van der Waals surface area contributed by atoms with Crippen LogP contribution in [0.15, 0.2) is 0 Å². The van der Waals surface area contributed by atoms with E-state index < -0.39 is 0 Å². The predicted octanol–water partition coefficient (Wildman–Crippen LogP) is 6.25. The van der Waals surface area contributed by atoms with Crippen LogP contribution < -0.4 is 10.6 Å². The van der Waals surface area contributed by atoms with Crippen molar-refractivity contribution in [3.63, 3.8) is 0 Å². The molecular formula is C22H38N4O2S2. The molecule has 170 valence electrons. The van der Waals surface area contributed by atoms with Crippen molar-refractivity contribution in [3.05, 3.63) is 11.4 Å². The van der Waals surface area contributed by atoms with Gasteiger partial charge < -0.3 is 10.6 Å². The maximum Gasteiger partial charge on any atom is 0.241 e. The van der Waals surface area contributed by atoms with E-state index in [4.69, 9.17) is 0 Å². The van der Waals surface area contributed by atoms with Crippen LogP contribution in [0, 0.1) is 0 Å². The Kier molecular flexibility index (Phi) is 14.6. The normalized spacial score (nSPS) is 10.8. The van der Waals surface area contributed by atoms with Crippen molar-refractivity contribution in [1.82, 2.24) is 9.97 Å². The van der Waals surface area contributed by atoms with Crippen molar-refractivity contribution in [3.8, 4) is 0 Å². The lowest BCUT2D eigenvalue weighted by Gasteiger charge is -2.15. The Balaban J connectivity index is 3.22. The summed E-state index contributed by atoms with van der Waals surface area (Å²) in [6.45, 7) is 9.83. The highest BCUT2D eigenvalue weighted by molar-refractivity contribution is 8.14. The van der Waals surface area contributed by atoms with Gasteiger partial charge in [0.25, 0.3) is 0 Å². The van der Waals surface area contributed by atoms with E-state index in [0.29, 0.717) is 36.1 Å². The highest BCUT2D eigenvalue weighted by Crippen LogP contribution is 2.26. The van der Waals surface area contributed by atoms with E-state index in [9.17, 15) is 9.59 Å². The second-order valence-corrected chi connectivity index (χ2v) is 9.29. The van der Waals surface area contributed by atoms with Gasteiger partial charge in [0.1, 0.15) is 0 Å². The van der Waals surface area contributed by atoms with Gasteiger partial charge in [-0.2, -0.15) is 0 Å². The van der Waals surface area contributed by atoms with Crippen LogP contribution in [0.2, 0.25) is 0 Å². The molecule has 1 aromatic heterocycles. The van der Waals surface area contributed by atoms with E-state index in [0.717, 1.165) is 62.9 Å². The maximum atomic E-state index is 12.8. The van der Waals surface area contributed by atoms with Crippen molar-refractivity contribution < 1.29 is 9.59 Å². The van der Waals surface area contributed by atoms with Crippen molar-refractivity contribution in [2.75, 3.05) is 35.2 Å². The number of aromatic nitrogens is 2. The molecule has 1 aromatic rings. The Morgan fingerprint density at radius 3 is 1.37 bits per heavy atom. The minimum absolute atomic E-state index is 0.0916. The van der Waals surface area contributed by atoms with E-state index in [1.807, 2.05) is 0 Å². The van der Waals surface area contributed by atoms with Gasteiger partial charge in [0, 0.05) is 24.6 Å². The minimum atomic E-state index is -0.0916. The average Bonchev–Trinajstić information content (AvgIpc) is 2.74. The van der Waals surface area contributed by atoms with Gasteiger partial charge >= 0.3 is 0 Å². The fourth-order valence-electron chi connectivity index (χ4n) is 2.49. The largest absolute Gasteiger partial charge is 0.368 e. The lowest BCUT2D eigenvalue weighted by atomic mass is 10.3. The van der Waals surface area contributed by atoms with E-state index in [1.165, 1.54) is 23.5 Å². The number of hydrogen-bond donors (Lipinski definition) is 2. The first-order valence-corrected chi connectivity index (χ1v) is 13.3. The third-order valence-electron chi connectivity index (χ3n) is 4.39. The fraction of sp³-hybridized carbons (Fsp3) is 0.727. The standard InChI is InChI=1S/C22H38N4O2S2/c1-5-9-13-23-19-17(21(27)29-15-11-7-3)26-20(24-14-10-6-2)18(25-19)22(28)30-16-12-8-4/h5-16H2,1-4H3,(H,23,25)(H,24,26). The van der Waals surface area contributed by atoms with Gasteiger partial charge in [-0.05, 0) is 25.7 Å². The summed E-state index contributed by atoms with van der Waals surface area (Å²) in [6, 6.07) is 0. The van der Waals surface area contributed by atoms with Gasteiger partial charge in [0.05, 0.1) is 0 Å². The van der Waals surface area contributed by atoms with E-state index in [-0.39, 0.29) is 10.2 Å². The molecule has 0 saturated heterocycles. The Bertz CT molecular complexity index is 601. The lowest BCUT2D eigenvalue weighted by Crippen LogP contribution is -2.18. The zero-order chi connectivity index (χ0) is 22.2. The van der Waals surface area contributed by atoms with Crippen LogP contribution in [0.1, 0.15) is 100 Å². The molecule has 0 fully saturated rings. The molecule has 0 aliphatic heterocycles.